The molecule has 0 saturated carbocycles. The molecule has 0 aliphatic carbocycles. The molecular formula is C14H24O9. The van der Waals surface area contributed by atoms with Gasteiger partial charge in [0, 0.05) is 7.11 Å². The van der Waals surface area contributed by atoms with Crippen molar-refractivity contribution in [3.8, 4) is 0 Å². The fraction of sp³-hybridized carbons (Fsp3) is 1.00. The van der Waals surface area contributed by atoms with Gasteiger partial charge in [0.2, 0.25) is 0 Å². The van der Waals surface area contributed by atoms with Crippen LogP contribution in [0.2, 0.25) is 0 Å². The summed E-state index contributed by atoms with van der Waals surface area (Å²) in [5, 5.41) is 39.7. The van der Waals surface area contributed by atoms with Crippen LogP contribution >= 0.6 is 0 Å². The third-order valence-corrected chi connectivity index (χ3v) is 4.74. The van der Waals surface area contributed by atoms with Gasteiger partial charge in [-0.05, 0) is 6.92 Å². The summed E-state index contributed by atoms with van der Waals surface area (Å²) in [6.45, 7) is 1.58. The quantitative estimate of drug-likeness (QED) is 0.436. The molecule has 9 nitrogen and oxygen atoms in total. The predicted molar refractivity (Wildman–Crippen MR) is 73.5 cm³/mol. The van der Waals surface area contributed by atoms with E-state index in [9.17, 15) is 20.4 Å². The molecular weight excluding hydrogens is 312 g/mol. The molecule has 3 saturated heterocycles. The van der Waals surface area contributed by atoms with Crippen LogP contribution in [-0.2, 0) is 23.7 Å². The van der Waals surface area contributed by atoms with Crippen LogP contribution in [0.25, 0.3) is 0 Å². The lowest BCUT2D eigenvalue weighted by molar-refractivity contribution is -0.330. The van der Waals surface area contributed by atoms with Crippen molar-refractivity contribution in [1.82, 2.24) is 0 Å². The van der Waals surface area contributed by atoms with Gasteiger partial charge in [0.15, 0.2) is 6.29 Å². The van der Waals surface area contributed by atoms with Crippen LogP contribution < -0.4 is 0 Å². The minimum absolute atomic E-state index is 0.277. The van der Waals surface area contributed by atoms with Crippen molar-refractivity contribution in [3.63, 3.8) is 0 Å². The molecule has 4 unspecified atom stereocenters. The molecule has 3 rings (SSSR count). The highest BCUT2D eigenvalue weighted by Gasteiger charge is 2.53. The largest absolute Gasteiger partial charge is 0.394 e. The molecule has 9 heteroatoms. The Bertz CT molecular complexity index is 408. The van der Waals surface area contributed by atoms with E-state index >= 15 is 0 Å². The zero-order valence-electron chi connectivity index (χ0n) is 13.0. The molecule has 134 valence electrons. The van der Waals surface area contributed by atoms with Gasteiger partial charge >= 0.3 is 0 Å². The molecule has 23 heavy (non-hydrogen) atoms. The van der Waals surface area contributed by atoms with Gasteiger partial charge in [0.05, 0.1) is 19.3 Å². The Hall–Kier alpha value is -0.360. The minimum atomic E-state index is -1.26. The summed E-state index contributed by atoms with van der Waals surface area (Å²) >= 11 is 0. The summed E-state index contributed by atoms with van der Waals surface area (Å²) in [5.41, 5.74) is 0. The van der Waals surface area contributed by atoms with Crippen LogP contribution in [0.5, 0.6) is 0 Å². The van der Waals surface area contributed by atoms with Gasteiger partial charge in [-0.1, -0.05) is 0 Å². The van der Waals surface area contributed by atoms with Gasteiger partial charge in [-0.15, -0.1) is 0 Å². The van der Waals surface area contributed by atoms with E-state index < -0.39 is 55.6 Å². The smallest absolute Gasteiger partial charge is 0.187 e. The van der Waals surface area contributed by atoms with Gasteiger partial charge in [-0.2, -0.15) is 0 Å². The van der Waals surface area contributed by atoms with Crippen molar-refractivity contribution in [2.24, 2.45) is 0 Å². The average Bonchev–Trinajstić information content (AvgIpc) is 2.84. The van der Waals surface area contributed by atoms with Crippen molar-refractivity contribution in [3.05, 3.63) is 0 Å². The zero-order valence-corrected chi connectivity index (χ0v) is 13.0. The highest BCUT2D eigenvalue weighted by atomic mass is 16.7. The van der Waals surface area contributed by atoms with E-state index in [-0.39, 0.29) is 18.8 Å². The lowest BCUT2D eigenvalue weighted by Gasteiger charge is -2.44. The number of aliphatic hydroxyl groups is 4. The van der Waals surface area contributed by atoms with E-state index in [1.807, 2.05) is 0 Å². The Labute approximate surface area is 133 Å². The molecule has 10 atom stereocenters. The topological polar surface area (TPSA) is 127 Å². The molecule has 4 N–H and O–H groups in total. The minimum Gasteiger partial charge on any atom is -0.394 e. The summed E-state index contributed by atoms with van der Waals surface area (Å²) in [5.74, 6) is 0. The number of ether oxygens (including phenoxy) is 5. The van der Waals surface area contributed by atoms with Gasteiger partial charge in [-0.25, -0.2) is 0 Å². The lowest BCUT2D eigenvalue weighted by atomic mass is 9.97. The Balaban J connectivity index is 1.72. The Kier molecular flexibility index (Phi) is 5.21. The summed E-state index contributed by atoms with van der Waals surface area (Å²) in [6, 6.07) is 0. The maximum Gasteiger partial charge on any atom is 0.187 e. The molecule has 0 aromatic heterocycles. The Morgan fingerprint density at radius 1 is 1.04 bits per heavy atom. The Morgan fingerprint density at radius 2 is 1.78 bits per heavy atom. The van der Waals surface area contributed by atoms with E-state index in [2.05, 4.69) is 0 Å². The molecule has 0 amide bonds. The van der Waals surface area contributed by atoms with Crippen LogP contribution in [0.3, 0.4) is 0 Å². The highest BCUT2D eigenvalue weighted by Crippen LogP contribution is 2.34. The number of rotatable bonds is 4. The summed E-state index contributed by atoms with van der Waals surface area (Å²) < 4.78 is 27.5. The van der Waals surface area contributed by atoms with E-state index in [1.54, 1.807) is 6.92 Å². The lowest BCUT2D eigenvalue weighted by Crippen LogP contribution is -2.62. The van der Waals surface area contributed by atoms with Gasteiger partial charge in [0.1, 0.15) is 48.8 Å². The fourth-order valence-electron chi connectivity index (χ4n) is 3.40. The van der Waals surface area contributed by atoms with Crippen molar-refractivity contribution in [2.75, 3.05) is 20.3 Å². The first-order chi connectivity index (χ1) is 11.0. The molecule has 0 radical (unpaired) electrons. The zero-order chi connectivity index (χ0) is 16.7. The number of hydrogen-bond donors (Lipinski definition) is 4. The molecule has 3 heterocycles. The second-order valence-electron chi connectivity index (χ2n) is 6.18. The standard InChI is InChI=1S/C14H24O9/c1-5-8(16)13-11(7(21-5)4-20-13)23-14-10(18)12(19-2)9(17)6(3-15)22-14/h5-18H,3-4H2,1-2H3/t5?,6-,7?,8-,9+,10-,11?,12+,13+,14?/m1/s1. The van der Waals surface area contributed by atoms with Crippen LogP contribution in [0.1, 0.15) is 6.92 Å². The van der Waals surface area contributed by atoms with Crippen LogP contribution in [-0.4, -0.2) is 102 Å². The summed E-state index contributed by atoms with van der Waals surface area (Å²) in [6.07, 6.45) is -8.28. The summed E-state index contributed by atoms with van der Waals surface area (Å²) in [4.78, 5) is 0. The number of hydrogen-bond acceptors (Lipinski definition) is 9. The van der Waals surface area contributed by atoms with Crippen molar-refractivity contribution in [1.29, 1.82) is 0 Å². The van der Waals surface area contributed by atoms with Gasteiger partial charge in [-0.3, -0.25) is 0 Å². The predicted octanol–water partition coefficient (Wildman–Crippen LogP) is -2.63. The Morgan fingerprint density at radius 3 is 2.43 bits per heavy atom. The molecule has 3 fully saturated rings. The molecule has 0 aromatic rings. The second kappa shape index (κ2) is 6.87. The third-order valence-electron chi connectivity index (χ3n) is 4.74. The number of fused-ring (bicyclic) bond motifs is 2. The van der Waals surface area contributed by atoms with Crippen molar-refractivity contribution >= 4 is 0 Å². The van der Waals surface area contributed by atoms with Crippen LogP contribution in [0.15, 0.2) is 0 Å². The van der Waals surface area contributed by atoms with Crippen molar-refractivity contribution < 1.29 is 44.1 Å². The van der Waals surface area contributed by atoms with Crippen LogP contribution in [0, 0.1) is 0 Å². The molecule has 3 aliphatic rings. The fourth-order valence-corrected chi connectivity index (χ4v) is 3.40. The maximum atomic E-state index is 10.3. The van der Waals surface area contributed by atoms with E-state index in [0.717, 1.165) is 0 Å². The van der Waals surface area contributed by atoms with E-state index in [0.29, 0.717) is 0 Å². The summed E-state index contributed by atoms with van der Waals surface area (Å²) in [7, 11) is 1.34. The van der Waals surface area contributed by atoms with Crippen LogP contribution in [0.4, 0.5) is 0 Å². The maximum absolute atomic E-state index is 10.3. The third kappa shape index (κ3) is 3.01. The molecule has 0 aromatic carbocycles. The highest BCUT2D eigenvalue weighted by molar-refractivity contribution is 4.99. The number of aliphatic hydroxyl groups excluding tert-OH is 4. The monoisotopic (exact) mass is 336 g/mol. The SMILES string of the molecule is CO[C@H]1[C@@H](O)[C@@H](CO)OC(OC2C3CO[C@H]2[C@H](O)C(C)O3)[C@@H]1O. The van der Waals surface area contributed by atoms with E-state index in [1.165, 1.54) is 7.11 Å². The van der Waals surface area contributed by atoms with E-state index in [4.69, 9.17) is 23.7 Å². The first-order valence-corrected chi connectivity index (χ1v) is 7.73. The van der Waals surface area contributed by atoms with Gasteiger partial charge in [0.25, 0.3) is 0 Å². The number of methoxy groups -OCH3 is 1. The normalized spacial score (nSPS) is 53.5. The molecule has 3 aliphatic heterocycles. The first kappa shape index (κ1) is 17.5. The van der Waals surface area contributed by atoms with Crippen molar-refractivity contribution in [2.45, 2.75) is 68.1 Å². The second-order valence-corrected chi connectivity index (χ2v) is 6.18. The van der Waals surface area contributed by atoms with Gasteiger partial charge < -0.3 is 44.1 Å². The molecule has 2 bridgehead atoms. The average molecular weight is 336 g/mol. The first-order valence-electron chi connectivity index (χ1n) is 7.73. The molecule has 0 spiro atoms.